The molecule has 0 aromatic carbocycles. The summed E-state index contributed by atoms with van der Waals surface area (Å²) in [4.78, 5) is 20.7. The van der Waals surface area contributed by atoms with Gasteiger partial charge in [-0.1, -0.05) is 0 Å². The first-order valence-corrected chi connectivity index (χ1v) is 5.64. The Bertz CT molecular complexity index is 507. The molecular weight excluding hydrogens is 222 g/mol. The largest absolute Gasteiger partial charge is 0.321 e. The standard InChI is InChI=1S/C11H11N3OS/c1-7-10(16-8(2)13-7)11(15)14-9-3-5-12-6-4-9/h3-6H,1-2H3,(H,12,14,15). The van der Waals surface area contributed by atoms with Crippen molar-refractivity contribution in [1.29, 1.82) is 0 Å². The summed E-state index contributed by atoms with van der Waals surface area (Å²) in [6.45, 7) is 3.73. The van der Waals surface area contributed by atoms with Crippen LogP contribution < -0.4 is 5.32 Å². The molecule has 5 heteroatoms. The van der Waals surface area contributed by atoms with Gasteiger partial charge in [-0.25, -0.2) is 4.98 Å². The van der Waals surface area contributed by atoms with Crippen LogP contribution in [0.25, 0.3) is 0 Å². The minimum absolute atomic E-state index is 0.116. The SMILES string of the molecule is Cc1nc(C)c(C(=O)Nc2ccncc2)s1. The molecule has 82 valence electrons. The highest BCUT2D eigenvalue weighted by atomic mass is 32.1. The van der Waals surface area contributed by atoms with Gasteiger partial charge in [0.25, 0.3) is 5.91 Å². The highest BCUT2D eigenvalue weighted by Gasteiger charge is 2.13. The Kier molecular flexibility index (Phi) is 2.96. The average molecular weight is 233 g/mol. The van der Waals surface area contributed by atoms with Crippen LogP contribution in [0.2, 0.25) is 0 Å². The number of anilines is 1. The lowest BCUT2D eigenvalue weighted by molar-refractivity contribution is 0.103. The zero-order chi connectivity index (χ0) is 11.5. The monoisotopic (exact) mass is 233 g/mol. The van der Waals surface area contributed by atoms with E-state index < -0.39 is 0 Å². The van der Waals surface area contributed by atoms with E-state index in [9.17, 15) is 4.79 Å². The molecule has 0 aliphatic heterocycles. The number of amides is 1. The fourth-order valence-corrected chi connectivity index (χ4v) is 2.18. The molecule has 0 aliphatic carbocycles. The summed E-state index contributed by atoms with van der Waals surface area (Å²) in [5.41, 5.74) is 1.51. The van der Waals surface area contributed by atoms with Crippen LogP contribution >= 0.6 is 11.3 Å². The minimum atomic E-state index is -0.116. The van der Waals surface area contributed by atoms with Crippen LogP contribution in [0.5, 0.6) is 0 Å². The van der Waals surface area contributed by atoms with Crippen LogP contribution in [-0.2, 0) is 0 Å². The van der Waals surface area contributed by atoms with E-state index in [-0.39, 0.29) is 5.91 Å². The van der Waals surface area contributed by atoms with Crippen LogP contribution in [-0.4, -0.2) is 15.9 Å². The maximum absolute atomic E-state index is 11.9. The van der Waals surface area contributed by atoms with Gasteiger partial charge >= 0.3 is 0 Å². The third kappa shape index (κ3) is 2.25. The number of hydrogen-bond acceptors (Lipinski definition) is 4. The minimum Gasteiger partial charge on any atom is -0.321 e. The highest BCUT2D eigenvalue weighted by molar-refractivity contribution is 7.13. The van der Waals surface area contributed by atoms with Crippen molar-refractivity contribution in [3.8, 4) is 0 Å². The number of carbonyl (C=O) groups is 1. The normalized spacial score (nSPS) is 10.1. The second kappa shape index (κ2) is 4.40. The Morgan fingerprint density at radius 3 is 2.56 bits per heavy atom. The molecule has 0 fully saturated rings. The van der Waals surface area contributed by atoms with Crippen molar-refractivity contribution < 1.29 is 4.79 Å². The van der Waals surface area contributed by atoms with Gasteiger partial charge in [0.2, 0.25) is 0 Å². The lowest BCUT2D eigenvalue weighted by Crippen LogP contribution is -2.11. The molecule has 2 aromatic rings. The Morgan fingerprint density at radius 1 is 1.31 bits per heavy atom. The van der Waals surface area contributed by atoms with Crippen LogP contribution in [0.1, 0.15) is 20.4 Å². The molecule has 0 aliphatic rings. The number of thiazole rings is 1. The van der Waals surface area contributed by atoms with Crippen molar-refractivity contribution in [2.45, 2.75) is 13.8 Å². The first-order chi connectivity index (χ1) is 7.66. The first-order valence-electron chi connectivity index (χ1n) is 4.82. The van der Waals surface area contributed by atoms with Gasteiger partial charge in [0.1, 0.15) is 4.88 Å². The fraction of sp³-hybridized carbons (Fsp3) is 0.182. The van der Waals surface area contributed by atoms with Crippen LogP contribution in [0.4, 0.5) is 5.69 Å². The molecular formula is C11H11N3OS. The van der Waals surface area contributed by atoms with Gasteiger partial charge in [0.15, 0.2) is 0 Å². The summed E-state index contributed by atoms with van der Waals surface area (Å²) in [6, 6.07) is 3.50. The van der Waals surface area contributed by atoms with Gasteiger partial charge in [-0.3, -0.25) is 9.78 Å². The van der Waals surface area contributed by atoms with Crippen LogP contribution in [0.15, 0.2) is 24.5 Å². The number of nitrogens with one attached hydrogen (secondary N) is 1. The second-order valence-corrected chi connectivity index (χ2v) is 4.54. The van der Waals surface area contributed by atoms with E-state index in [0.717, 1.165) is 16.4 Å². The summed E-state index contributed by atoms with van der Waals surface area (Å²) >= 11 is 1.40. The topological polar surface area (TPSA) is 54.9 Å². The maximum atomic E-state index is 11.9. The summed E-state index contributed by atoms with van der Waals surface area (Å²) in [5, 5.41) is 3.70. The Labute approximate surface area is 97.4 Å². The van der Waals surface area contributed by atoms with Gasteiger partial charge in [-0.2, -0.15) is 0 Å². The van der Waals surface area contributed by atoms with Crippen molar-refractivity contribution in [1.82, 2.24) is 9.97 Å². The number of carbonyl (C=O) groups excluding carboxylic acids is 1. The lowest BCUT2D eigenvalue weighted by atomic mass is 10.3. The van der Waals surface area contributed by atoms with E-state index >= 15 is 0 Å². The van der Waals surface area contributed by atoms with E-state index in [1.807, 2.05) is 13.8 Å². The molecule has 0 unspecified atom stereocenters. The summed E-state index contributed by atoms with van der Waals surface area (Å²) < 4.78 is 0. The molecule has 1 amide bonds. The molecule has 2 rings (SSSR count). The number of nitrogens with zero attached hydrogens (tertiary/aromatic N) is 2. The molecule has 0 radical (unpaired) electrons. The zero-order valence-corrected chi connectivity index (χ0v) is 9.84. The quantitative estimate of drug-likeness (QED) is 0.866. The van der Waals surface area contributed by atoms with Crippen molar-refractivity contribution in [2.24, 2.45) is 0 Å². The first kappa shape index (κ1) is 10.8. The van der Waals surface area contributed by atoms with Gasteiger partial charge < -0.3 is 5.32 Å². The average Bonchev–Trinajstić information content (AvgIpc) is 2.59. The van der Waals surface area contributed by atoms with Gasteiger partial charge in [-0.15, -0.1) is 11.3 Å². The van der Waals surface area contributed by atoms with Gasteiger partial charge in [-0.05, 0) is 26.0 Å². The predicted molar refractivity (Wildman–Crippen MR) is 63.8 cm³/mol. The Morgan fingerprint density at radius 2 is 2.00 bits per heavy atom. The number of aryl methyl sites for hydroxylation is 2. The van der Waals surface area contributed by atoms with Crippen molar-refractivity contribution >= 4 is 22.9 Å². The molecule has 0 atom stereocenters. The highest BCUT2D eigenvalue weighted by Crippen LogP contribution is 2.18. The zero-order valence-electron chi connectivity index (χ0n) is 9.02. The number of aromatic nitrogens is 2. The number of hydrogen-bond donors (Lipinski definition) is 1. The molecule has 16 heavy (non-hydrogen) atoms. The maximum Gasteiger partial charge on any atom is 0.267 e. The van der Waals surface area contributed by atoms with E-state index in [1.165, 1.54) is 11.3 Å². The van der Waals surface area contributed by atoms with E-state index in [1.54, 1.807) is 24.5 Å². The number of rotatable bonds is 2. The van der Waals surface area contributed by atoms with Crippen molar-refractivity contribution in [3.05, 3.63) is 40.1 Å². The number of pyridine rings is 1. The molecule has 4 nitrogen and oxygen atoms in total. The Balaban J connectivity index is 2.18. The van der Waals surface area contributed by atoms with E-state index in [0.29, 0.717) is 4.88 Å². The molecule has 1 N–H and O–H groups in total. The molecule has 0 spiro atoms. The Hall–Kier alpha value is -1.75. The molecule has 0 bridgehead atoms. The van der Waals surface area contributed by atoms with E-state index in [4.69, 9.17) is 0 Å². The molecule has 0 saturated carbocycles. The summed E-state index contributed by atoms with van der Waals surface area (Å²) in [7, 11) is 0. The lowest BCUT2D eigenvalue weighted by Gasteiger charge is -2.02. The van der Waals surface area contributed by atoms with Crippen molar-refractivity contribution in [2.75, 3.05) is 5.32 Å². The molecule has 2 aromatic heterocycles. The van der Waals surface area contributed by atoms with Crippen LogP contribution in [0, 0.1) is 13.8 Å². The predicted octanol–water partition coefficient (Wildman–Crippen LogP) is 2.41. The third-order valence-electron chi connectivity index (χ3n) is 2.05. The molecule has 2 heterocycles. The second-order valence-electron chi connectivity index (χ2n) is 3.34. The van der Waals surface area contributed by atoms with Gasteiger partial charge in [0.05, 0.1) is 10.7 Å². The van der Waals surface area contributed by atoms with Crippen LogP contribution in [0.3, 0.4) is 0 Å². The smallest absolute Gasteiger partial charge is 0.267 e. The molecule has 0 saturated heterocycles. The van der Waals surface area contributed by atoms with E-state index in [2.05, 4.69) is 15.3 Å². The summed E-state index contributed by atoms with van der Waals surface area (Å²) in [5.74, 6) is -0.116. The van der Waals surface area contributed by atoms with Crippen molar-refractivity contribution in [3.63, 3.8) is 0 Å². The van der Waals surface area contributed by atoms with Gasteiger partial charge in [0, 0.05) is 18.1 Å². The third-order valence-corrected chi connectivity index (χ3v) is 3.12. The summed E-state index contributed by atoms with van der Waals surface area (Å²) in [6.07, 6.45) is 3.28. The fourth-order valence-electron chi connectivity index (χ4n) is 1.37.